The van der Waals surface area contributed by atoms with Gasteiger partial charge in [-0.05, 0) is 56.5 Å². The molecular formula is C22H26N4. The molecule has 134 valence electrons. The van der Waals surface area contributed by atoms with Gasteiger partial charge in [0.25, 0.3) is 0 Å². The molecule has 0 fully saturated rings. The number of benzene rings is 2. The van der Waals surface area contributed by atoms with Gasteiger partial charge in [-0.1, -0.05) is 42.5 Å². The maximum absolute atomic E-state index is 4.76. The van der Waals surface area contributed by atoms with E-state index in [-0.39, 0.29) is 0 Å². The minimum absolute atomic E-state index is 0.332. The van der Waals surface area contributed by atoms with Crippen LogP contribution in [0.25, 0.3) is 0 Å². The van der Waals surface area contributed by atoms with Gasteiger partial charge in [0.2, 0.25) is 5.95 Å². The second-order valence-corrected chi connectivity index (χ2v) is 6.89. The zero-order chi connectivity index (χ0) is 18.5. The van der Waals surface area contributed by atoms with Crippen LogP contribution in [0.5, 0.6) is 0 Å². The molecule has 0 aliphatic carbocycles. The number of aromatic nitrogens is 2. The van der Waals surface area contributed by atoms with Crippen LogP contribution >= 0.6 is 0 Å². The molecule has 1 aromatic heterocycles. The average Bonchev–Trinajstić information content (AvgIpc) is 2.63. The summed E-state index contributed by atoms with van der Waals surface area (Å²) >= 11 is 0. The number of nitrogens with zero attached hydrogens (tertiary/aromatic N) is 3. The Morgan fingerprint density at radius 2 is 1.77 bits per heavy atom. The molecule has 3 aromatic rings. The van der Waals surface area contributed by atoms with Crippen LogP contribution in [0.2, 0.25) is 0 Å². The van der Waals surface area contributed by atoms with Crippen molar-refractivity contribution in [2.24, 2.45) is 0 Å². The lowest BCUT2D eigenvalue weighted by molar-refractivity contribution is 0.672. The summed E-state index contributed by atoms with van der Waals surface area (Å²) in [6.07, 6.45) is 1.82. The van der Waals surface area contributed by atoms with E-state index in [0.717, 1.165) is 18.1 Å². The molecule has 0 unspecified atom stereocenters. The zero-order valence-electron chi connectivity index (χ0n) is 15.9. The fraction of sp³-hybridized carbons (Fsp3) is 0.273. The average molecular weight is 346 g/mol. The summed E-state index contributed by atoms with van der Waals surface area (Å²) in [6.45, 7) is 9.36. The second kappa shape index (κ2) is 8.00. The first kappa shape index (κ1) is 17.9. The fourth-order valence-corrected chi connectivity index (χ4v) is 2.87. The van der Waals surface area contributed by atoms with Crippen LogP contribution in [-0.4, -0.2) is 16.0 Å². The van der Waals surface area contributed by atoms with Crippen LogP contribution in [0.1, 0.15) is 30.5 Å². The van der Waals surface area contributed by atoms with Gasteiger partial charge in [-0.2, -0.15) is 4.98 Å². The predicted octanol–water partition coefficient (Wildman–Crippen LogP) is 5.25. The van der Waals surface area contributed by atoms with Crippen LogP contribution in [0.15, 0.2) is 60.8 Å². The van der Waals surface area contributed by atoms with Gasteiger partial charge >= 0.3 is 0 Å². The summed E-state index contributed by atoms with van der Waals surface area (Å²) in [4.78, 5) is 11.4. The van der Waals surface area contributed by atoms with Gasteiger partial charge in [-0.3, -0.25) is 0 Å². The Hall–Kier alpha value is -2.88. The molecule has 0 aliphatic rings. The molecule has 4 nitrogen and oxygen atoms in total. The quantitative estimate of drug-likeness (QED) is 0.661. The molecule has 0 saturated heterocycles. The van der Waals surface area contributed by atoms with Crippen molar-refractivity contribution in [3.8, 4) is 0 Å². The van der Waals surface area contributed by atoms with E-state index in [1.54, 1.807) is 0 Å². The van der Waals surface area contributed by atoms with Crippen molar-refractivity contribution in [2.75, 3.05) is 10.2 Å². The van der Waals surface area contributed by atoms with E-state index in [2.05, 4.69) is 85.4 Å². The maximum atomic E-state index is 4.76. The molecular weight excluding hydrogens is 320 g/mol. The Balaban J connectivity index is 1.85. The van der Waals surface area contributed by atoms with Crippen molar-refractivity contribution in [1.82, 2.24) is 9.97 Å². The van der Waals surface area contributed by atoms with Gasteiger partial charge in [0.05, 0.1) is 0 Å². The van der Waals surface area contributed by atoms with Crippen molar-refractivity contribution in [1.29, 1.82) is 0 Å². The molecule has 0 atom stereocenters. The van der Waals surface area contributed by atoms with Gasteiger partial charge in [-0.25, -0.2) is 4.98 Å². The molecule has 1 heterocycles. The van der Waals surface area contributed by atoms with Gasteiger partial charge in [0, 0.05) is 24.5 Å². The van der Waals surface area contributed by atoms with Crippen LogP contribution in [0.3, 0.4) is 0 Å². The van der Waals surface area contributed by atoms with E-state index >= 15 is 0 Å². The Morgan fingerprint density at radius 1 is 1.00 bits per heavy atom. The number of nitrogens with one attached hydrogen (secondary N) is 1. The van der Waals surface area contributed by atoms with Gasteiger partial charge < -0.3 is 10.2 Å². The third-order valence-corrected chi connectivity index (χ3v) is 4.39. The van der Waals surface area contributed by atoms with Crippen LogP contribution < -0.4 is 10.2 Å². The molecule has 0 saturated carbocycles. The molecule has 2 aromatic carbocycles. The van der Waals surface area contributed by atoms with Crippen molar-refractivity contribution in [3.63, 3.8) is 0 Å². The minimum Gasteiger partial charge on any atom is -0.350 e. The van der Waals surface area contributed by atoms with Crippen molar-refractivity contribution in [2.45, 2.75) is 40.3 Å². The Kier molecular flexibility index (Phi) is 5.52. The SMILES string of the molecule is Cc1ccc(C)c(Nc2nccc(N(Cc3ccccc3)C(C)C)n2)c1. The maximum Gasteiger partial charge on any atom is 0.229 e. The number of anilines is 3. The van der Waals surface area contributed by atoms with Crippen LogP contribution in [0.4, 0.5) is 17.5 Å². The van der Waals surface area contributed by atoms with E-state index in [4.69, 9.17) is 4.98 Å². The standard InChI is InChI=1S/C22H26N4/c1-16(2)26(15-19-8-6-5-7-9-19)21-12-13-23-22(25-21)24-20-14-17(3)10-11-18(20)4/h5-14,16H,15H2,1-4H3,(H,23,24,25). The van der Waals surface area contributed by atoms with Crippen LogP contribution in [0, 0.1) is 13.8 Å². The van der Waals surface area contributed by atoms with E-state index < -0.39 is 0 Å². The summed E-state index contributed by atoms with van der Waals surface area (Å²) in [5.74, 6) is 1.54. The number of hydrogen-bond acceptors (Lipinski definition) is 4. The van der Waals surface area contributed by atoms with E-state index in [1.807, 2.05) is 18.3 Å². The highest BCUT2D eigenvalue weighted by atomic mass is 15.2. The minimum atomic E-state index is 0.332. The Morgan fingerprint density at radius 3 is 2.50 bits per heavy atom. The number of hydrogen-bond donors (Lipinski definition) is 1. The molecule has 0 aliphatic heterocycles. The normalized spacial score (nSPS) is 10.8. The third kappa shape index (κ3) is 4.39. The largest absolute Gasteiger partial charge is 0.350 e. The van der Waals surface area contributed by atoms with Gasteiger partial charge in [-0.15, -0.1) is 0 Å². The first-order valence-electron chi connectivity index (χ1n) is 9.01. The molecule has 1 N–H and O–H groups in total. The molecule has 4 heteroatoms. The monoisotopic (exact) mass is 346 g/mol. The number of rotatable bonds is 6. The zero-order valence-corrected chi connectivity index (χ0v) is 15.9. The molecule has 0 bridgehead atoms. The lowest BCUT2D eigenvalue weighted by Gasteiger charge is -2.28. The highest BCUT2D eigenvalue weighted by Crippen LogP contribution is 2.23. The summed E-state index contributed by atoms with van der Waals surface area (Å²) in [7, 11) is 0. The molecule has 0 spiro atoms. The highest BCUT2D eigenvalue weighted by Gasteiger charge is 2.14. The van der Waals surface area contributed by atoms with Crippen molar-refractivity contribution >= 4 is 17.5 Å². The van der Waals surface area contributed by atoms with Gasteiger partial charge in [0.15, 0.2) is 0 Å². The Labute approximate surface area is 155 Å². The third-order valence-electron chi connectivity index (χ3n) is 4.39. The number of aryl methyl sites for hydroxylation is 2. The summed E-state index contributed by atoms with van der Waals surface area (Å²) < 4.78 is 0. The van der Waals surface area contributed by atoms with Crippen molar-refractivity contribution < 1.29 is 0 Å². The van der Waals surface area contributed by atoms with E-state index in [9.17, 15) is 0 Å². The molecule has 0 amide bonds. The van der Waals surface area contributed by atoms with Crippen molar-refractivity contribution in [3.05, 3.63) is 77.5 Å². The Bertz CT molecular complexity index is 859. The highest BCUT2D eigenvalue weighted by molar-refractivity contribution is 5.60. The van der Waals surface area contributed by atoms with E-state index in [0.29, 0.717) is 12.0 Å². The lowest BCUT2D eigenvalue weighted by atomic mass is 10.1. The first-order chi connectivity index (χ1) is 12.5. The molecule has 3 rings (SSSR count). The second-order valence-electron chi connectivity index (χ2n) is 6.89. The summed E-state index contributed by atoms with van der Waals surface area (Å²) in [5.41, 5.74) is 4.70. The van der Waals surface area contributed by atoms with E-state index in [1.165, 1.54) is 16.7 Å². The lowest BCUT2D eigenvalue weighted by Crippen LogP contribution is -2.31. The molecule has 0 radical (unpaired) electrons. The fourth-order valence-electron chi connectivity index (χ4n) is 2.87. The predicted molar refractivity (Wildman–Crippen MR) is 109 cm³/mol. The molecule has 26 heavy (non-hydrogen) atoms. The van der Waals surface area contributed by atoms with Crippen LogP contribution in [-0.2, 0) is 6.54 Å². The first-order valence-corrected chi connectivity index (χ1v) is 9.01. The van der Waals surface area contributed by atoms with Gasteiger partial charge in [0.1, 0.15) is 5.82 Å². The smallest absolute Gasteiger partial charge is 0.229 e. The summed E-state index contributed by atoms with van der Waals surface area (Å²) in [5, 5.41) is 3.36. The topological polar surface area (TPSA) is 41.1 Å². The summed E-state index contributed by atoms with van der Waals surface area (Å²) in [6, 6.07) is 19.1.